The van der Waals surface area contributed by atoms with Gasteiger partial charge in [0, 0.05) is 25.3 Å². The molecule has 31 heavy (non-hydrogen) atoms. The predicted octanol–water partition coefficient (Wildman–Crippen LogP) is 3.10. The average molecular weight is 418 g/mol. The van der Waals surface area contributed by atoms with Gasteiger partial charge in [0.1, 0.15) is 12.1 Å². The van der Waals surface area contributed by atoms with Crippen molar-refractivity contribution in [2.24, 2.45) is 0 Å². The molecule has 0 unspecified atom stereocenters. The molecule has 0 radical (unpaired) electrons. The summed E-state index contributed by atoms with van der Waals surface area (Å²) in [5.74, 6) is -0.0867. The number of fused-ring (bicyclic) bond motifs is 1. The second-order valence-corrected chi connectivity index (χ2v) is 8.53. The molecule has 2 aromatic heterocycles. The van der Waals surface area contributed by atoms with Crippen LogP contribution in [0.5, 0.6) is 0 Å². The van der Waals surface area contributed by atoms with Gasteiger partial charge < -0.3 is 14.4 Å². The monoisotopic (exact) mass is 417 g/mol. The standard InChI is InChI=1S/C24H27N5O2/c30-22-16-27(11-12-29(22)20-9-5-2-6-10-20)24(31)19-13-21-23(25-14-19)28(17-26-21)15-18-7-3-1-4-8-18/h1,3-4,7-8,13-14,17,20H,2,5-6,9-12,15-16H2. The van der Waals surface area contributed by atoms with Gasteiger partial charge in [0.15, 0.2) is 5.65 Å². The van der Waals surface area contributed by atoms with Crippen molar-refractivity contribution >= 4 is 23.0 Å². The van der Waals surface area contributed by atoms with E-state index < -0.39 is 0 Å². The van der Waals surface area contributed by atoms with Crippen molar-refractivity contribution in [1.82, 2.24) is 24.3 Å². The summed E-state index contributed by atoms with van der Waals surface area (Å²) in [4.78, 5) is 38.4. The molecule has 1 saturated heterocycles. The number of amides is 2. The lowest BCUT2D eigenvalue weighted by molar-refractivity contribution is -0.138. The van der Waals surface area contributed by atoms with Crippen LogP contribution < -0.4 is 0 Å². The van der Waals surface area contributed by atoms with Gasteiger partial charge in [-0.25, -0.2) is 9.97 Å². The van der Waals surface area contributed by atoms with Crippen molar-refractivity contribution in [2.75, 3.05) is 19.6 Å². The first-order chi connectivity index (χ1) is 15.2. The summed E-state index contributed by atoms with van der Waals surface area (Å²) in [5, 5.41) is 0. The third kappa shape index (κ3) is 4.04. The lowest BCUT2D eigenvalue weighted by Crippen LogP contribution is -2.55. The summed E-state index contributed by atoms with van der Waals surface area (Å²) in [7, 11) is 0. The number of rotatable bonds is 4. The molecule has 0 bridgehead atoms. The average Bonchev–Trinajstić information content (AvgIpc) is 3.21. The maximum Gasteiger partial charge on any atom is 0.256 e. The summed E-state index contributed by atoms with van der Waals surface area (Å²) in [5.41, 5.74) is 3.09. The van der Waals surface area contributed by atoms with E-state index in [-0.39, 0.29) is 18.4 Å². The van der Waals surface area contributed by atoms with Crippen molar-refractivity contribution in [2.45, 2.75) is 44.7 Å². The zero-order valence-electron chi connectivity index (χ0n) is 17.6. The molecule has 1 aliphatic carbocycles. The van der Waals surface area contributed by atoms with E-state index in [2.05, 4.69) is 22.1 Å². The lowest BCUT2D eigenvalue weighted by atomic mass is 9.93. The first kappa shape index (κ1) is 19.7. The minimum Gasteiger partial charge on any atom is -0.336 e. The van der Waals surface area contributed by atoms with Crippen molar-refractivity contribution < 1.29 is 9.59 Å². The number of piperazine rings is 1. The lowest BCUT2D eigenvalue weighted by Gasteiger charge is -2.40. The maximum absolute atomic E-state index is 13.1. The normalized spacial score (nSPS) is 18.0. The third-order valence-corrected chi connectivity index (χ3v) is 6.46. The Balaban J connectivity index is 1.28. The van der Waals surface area contributed by atoms with Gasteiger partial charge in [0.2, 0.25) is 5.91 Å². The number of benzene rings is 1. The number of aromatic nitrogens is 3. The summed E-state index contributed by atoms with van der Waals surface area (Å²) >= 11 is 0. The molecule has 0 atom stereocenters. The SMILES string of the molecule is O=C(c1cnc2c(c1)ncn2Cc1ccccc1)N1CCN(C2CCCCC2)C(=O)C1. The molecule has 1 aromatic carbocycles. The predicted molar refractivity (Wildman–Crippen MR) is 118 cm³/mol. The Morgan fingerprint density at radius 3 is 2.61 bits per heavy atom. The molecule has 7 nitrogen and oxygen atoms in total. The summed E-state index contributed by atoms with van der Waals surface area (Å²) in [6.07, 6.45) is 9.19. The first-order valence-electron chi connectivity index (χ1n) is 11.1. The Labute approximate surface area is 181 Å². The van der Waals surface area contributed by atoms with Crippen LogP contribution in [-0.4, -0.2) is 61.8 Å². The molecule has 2 amide bonds. The van der Waals surface area contributed by atoms with E-state index in [1.165, 1.54) is 19.3 Å². The molecule has 0 N–H and O–H groups in total. The number of carbonyl (C=O) groups excluding carboxylic acids is 2. The molecule has 2 fully saturated rings. The number of imidazole rings is 1. The molecule has 3 aromatic rings. The fraction of sp³-hybridized carbons (Fsp3) is 0.417. The minimum absolute atomic E-state index is 0.0627. The van der Waals surface area contributed by atoms with Crippen LogP contribution in [0.2, 0.25) is 0 Å². The van der Waals surface area contributed by atoms with Crippen LogP contribution in [0.25, 0.3) is 11.2 Å². The van der Waals surface area contributed by atoms with Crippen molar-refractivity contribution in [3.8, 4) is 0 Å². The quantitative estimate of drug-likeness (QED) is 0.654. The van der Waals surface area contributed by atoms with Crippen molar-refractivity contribution in [1.29, 1.82) is 0 Å². The molecule has 1 saturated carbocycles. The van der Waals surface area contributed by atoms with E-state index in [9.17, 15) is 9.59 Å². The largest absolute Gasteiger partial charge is 0.336 e. The van der Waals surface area contributed by atoms with Gasteiger partial charge in [-0.2, -0.15) is 0 Å². The van der Waals surface area contributed by atoms with E-state index >= 15 is 0 Å². The van der Waals surface area contributed by atoms with Crippen molar-refractivity contribution in [3.63, 3.8) is 0 Å². The Bertz CT molecular complexity index is 1090. The Morgan fingerprint density at radius 2 is 1.84 bits per heavy atom. The maximum atomic E-state index is 13.1. The summed E-state index contributed by atoms with van der Waals surface area (Å²) < 4.78 is 1.98. The number of pyridine rings is 1. The molecule has 160 valence electrons. The number of nitrogens with zero attached hydrogens (tertiary/aromatic N) is 5. The zero-order chi connectivity index (χ0) is 21.2. The zero-order valence-corrected chi connectivity index (χ0v) is 17.6. The number of hydrogen-bond donors (Lipinski definition) is 0. The van der Waals surface area contributed by atoms with Crippen LogP contribution in [0.3, 0.4) is 0 Å². The Kier molecular flexibility index (Phi) is 5.40. The molecule has 3 heterocycles. The highest BCUT2D eigenvalue weighted by Crippen LogP contribution is 2.24. The van der Waals surface area contributed by atoms with Gasteiger partial charge in [0.05, 0.1) is 18.4 Å². The van der Waals surface area contributed by atoms with Crippen LogP contribution in [0.1, 0.15) is 48.0 Å². The van der Waals surface area contributed by atoms with E-state index in [4.69, 9.17) is 0 Å². The highest BCUT2D eigenvalue weighted by Gasteiger charge is 2.32. The highest BCUT2D eigenvalue weighted by molar-refractivity contribution is 5.98. The second-order valence-electron chi connectivity index (χ2n) is 8.53. The molecule has 0 spiro atoms. The van der Waals surface area contributed by atoms with Crippen molar-refractivity contribution in [3.05, 3.63) is 60.0 Å². The van der Waals surface area contributed by atoms with E-state index in [1.54, 1.807) is 23.5 Å². The number of hydrogen-bond acceptors (Lipinski definition) is 4. The van der Waals surface area contributed by atoms with Gasteiger partial charge in [-0.3, -0.25) is 9.59 Å². The van der Waals surface area contributed by atoms with Gasteiger partial charge in [-0.05, 0) is 24.5 Å². The first-order valence-corrected chi connectivity index (χ1v) is 11.1. The van der Waals surface area contributed by atoms with Crippen LogP contribution >= 0.6 is 0 Å². The van der Waals surface area contributed by atoms with Gasteiger partial charge >= 0.3 is 0 Å². The summed E-state index contributed by atoms with van der Waals surface area (Å²) in [6, 6.07) is 12.3. The molecule has 5 rings (SSSR count). The topological polar surface area (TPSA) is 71.3 Å². The molecular weight excluding hydrogens is 390 g/mol. The van der Waals surface area contributed by atoms with E-state index in [0.29, 0.717) is 36.8 Å². The Morgan fingerprint density at radius 1 is 1.03 bits per heavy atom. The van der Waals surface area contributed by atoms with E-state index in [1.807, 2.05) is 27.7 Å². The van der Waals surface area contributed by atoms with Gasteiger partial charge in [0.25, 0.3) is 5.91 Å². The fourth-order valence-corrected chi connectivity index (χ4v) is 4.78. The molecule has 2 aliphatic rings. The second kappa shape index (κ2) is 8.49. The van der Waals surface area contributed by atoms with Crippen LogP contribution in [0.15, 0.2) is 48.9 Å². The van der Waals surface area contributed by atoms with E-state index in [0.717, 1.165) is 24.1 Å². The third-order valence-electron chi connectivity index (χ3n) is 6.46. The molecule has 1 aliphatic heterocycles. The van der Waals surface area contributed by atoms with Crippen LogP contribution in [-0.2, 0) is 11.3 Å². The smallest absolute Gasteiger partial charge is 0.256 e. The van der Waals surface area contributed by atoms with Crippen LogP contribution in [0.4, 0.5) is 0 Å². The fourth-order valence-electron chi connectivity index (χ4n) is 4.78. The molecular formula is C24H27N5O2. The van der Waals surface area contributed by atoms with Gasteiger partial charge in [-0.15, -0.1) is 0 Å². The Hall–Kier alpha value is -3.22. The summed E-state index contributed by atoms with van der Waals surface area (Å²) in [6.45, 7) is 2.02. The number of carbonyl (C=O) groups is 2. The minimum atomic E-state index is -0.149. The molecule has 7 heteroatoms. The van der Waals surface area contributed by atoms with Gasteiger partial charge in [-0.1, -0.05) is 49.6 Å². The highest BCUT2D eigenvalue weighted by atomic mass is 16.2. The van der Waals surface area contributed by atoms with Crippen LogP contribution in [0, 0.1) is 0 Å².